The van der Waals surface area contributed by atoms with Crippen molar-refractivity contribution in [2.24, 2.45) is 29.1 Å². The van der Waals surface area contributed by atoms with Crippen molar-refractivity contribution in [3.8, 4) is 0 Å². The van der Waals surface area contributed by atoms with Crippen molar-refractivity contribution in [3.05, 3.63) is 83.6 Å². The van der Waals surface area contributed by atoms with E-state index in [1.54, 1.807) is 6.92 Å². The molecule has 38 heavy (non-hydrogen) atoms. The highest BCUT2D eigenvalue weighted by atomic mass is 16.3. The summed E-state index contributed by atoms with van der Waals surface area (Å²) >= 11 is 0. The highest BCUT2D eigenvalue weighted by Crippen LogP contribution is 2.54. The molecule has 2 aromatic rings. The van der Waals surface area contributed by atoms with Crippen LogP contribution < -0.4 is 5.32 Å². The SMILES string of the molecule is CC1=C[C@@H]2/C=C\C[C@H](C)/C=C(\C)[C@@H](O)[C@@H](O)/C=C\C(=O)[C@]23C(=O)N[C@@H](Cc2c[nH]c4ccccc24)[C@@H]3[C@@H]1C. The molecule has 1 aromatic heterocycles. The van der Waals surface area contributed by atoms with E-state index < -0.39 is 23.5 Å². The van der Waals surface area contributed by atoms with Crippen LogP contribution in [0, 0.1) is 29.1 Å². The van der Waals surface area contributed by atoms with Crippen molar-refractivity contribution < 1.29 is 19.8 Å². The lowest BCUT2D eigenvalue weighted by Crippen LogP contribution is -2.52. The molecular weight excluding hydrogens is 476 g/mol. The Labute approximate surface area is 224 Å². The van der Waals surface area contributed by atoms with Gasteiger partial charge in [0.25, 0.3) is 0 Å². The minimum atomic E-state index is -1.33. The number of hydrogen-bond acceptors (Lipinski definition) is 4. The first-order chi connectivity index (χ1) is 18.1. The topological polar surface area (TPSA) is 102 Å². The molecule has 1 spiro atoms. The lowest BCUT2D eigenvalue weighted by atomic mass is 9.55. The van der Waals surface area contributed by atoms with Crippen molar-refractivity contribution >= 4 is 22.6 Å². The zero-order valence-electron chi connectivity index (χ0n) is 22.5. The van der Waals surface area contributed by atoms with E-state index >= 15 is 0 Å². The molecule has 1 saturated heterocycles. The van der Waals surface area contributed by atoms with Gasteiger partial charge in [-0.05, 0) is 67.9 Å². The van der Waals surface area contributed by atoms with Crippen molar-refractivity contribution in [1.29, 1.82) is 0 Å². The second-order valence-corrected chi connectivity index (χ2v) is 11.5. The molecule has 0 unspecified atom stereocenters. The standard InChI is InChI=1S/C32H38N2O4/c1-18-8-7-9-23-15-19(2)21(4)29-26(16-22-17-33-25-11-6-5-10-24(22)25)34-31(38)32(23,29)28(36)13-12-27(35)30(37)20(3)14-18/h5-7,9-15,17-18,21,23,26-27,29-30,33,35,37H,8,16H2,1-4H3,(H,34,38)/b9-7-,13-12-,20-14+/t18-,21+,23-,26-,27-,29-,30+,32+/m0/s1. The number of H-pyrrole nitrogens is 1. The van der Waals surface area contributed by atoms with Gasteiger partial charge in [-0.1, -0.05) is 61.9 Å². The number of amides is 1. The number of allylic oxidation sites excluding steroid dienone is 6. The first-order valence-corrected chi connectivity index (χ1v) is 13.6. The Kier molecular flexibility index (Phi) is 7.05. The van der Waals surface area contributed by atoms with E-state index in [2.05, 4.69) is 49.3 Å². The number of aromatic nitrogens is 1. The zero-order chi connectivity index (χ0) is 27.2. The van der Waals surface area contributed by atoms with Crippen molar-refractivity contribution in [1.82, 2.24) is 10.3 Å². The fourth-order valence-electron chi connectivity index (χ4n) is 6.93. The van der Waals surface area contributed by atoms with Gasteiger partial charge >= 0.3 is 0 Å². The van der Waals surface area contributed by atoms with Crippen molar-refractivity contribution in [2.45, 2.75) is 58.8 Å². The van der Waals surface area contributed by atoms with E-state index in [1.165, 1.54) is 17.7 Å². The maximum Gasteiger partial charge on any atom is 0.235 e. The van der Waals surface area contributed by atoms with Gasteiger partial charge in [0.1, 0.15) is 17.6 Å². The molecular formula is C32H38N2O4. The van der Waals surface area contributed by atoms with E-state index in [9.17, 15) is 19.8 Å². The summed E-state index contributed by atoms with van der Waals surface area (Å²) in [7, 11) is 0. The Balaban J connectivity index is 1.61. The number of fused-ring (bicyclic) bond motifs is 1. The summed E-state index contributed by atoms with van der Waals surface area (Å²) in [5, 5.41) is 25.6. The van der Waals surface area contributed by atoms with E-state index in [4.69, 9.17) is 0 Å². The molecule has 1 aliphatic heterocycles. The molecule has 200 valence electrons. The van der Waals surface area contributed by atoms with Gasteiger partial charge in [0.05, 0.1) is 0 Å². The van der Waals surface area contributed by atoms with Gasteiger partial charge in [-0.15, -0.1) is 0 Å². The van der Waals surface area contributed by atoms with Crippen LogP contribution in [0.4, 0.5) is 0 Å². The van der Waals surface area contributed by atoms with Crippen molar-refractivity contribution in [3.63, 3.8) is 0 Å². The van der Waals surface area contributed by atoms with Crippen LogP contribution in [0.3, 0.4) is 0 Å². The Hall–Kier alpha value is -3.22. The average Bonchev–Trinajstić information content (AvgIpc) is 3.43. The number of carbonyl (C=O) groups excluding carboxylic acids is 2. The van der Waals surface area contributed by atoms with Gasteiger partial charge in [0.2, 0.25) is 5.91 Å². The van der Waals surface area contributed by atoms with E-state index in [0.29, 0.717) is 18.4 Å². The molecule has 0 saturated carbocycles. The van der Waals surface area contributed by atoms with Crippen LogP contribution in [0.25, 0.3) is 10.9 Å². The largest absolute Gasteiger partial charge is 0.386 e. The number of carbonyl (C=O) groups is 2. The minimum Gasteiger partial charge on any atom is -0.386 e. The van der Waals surface area contributed by atoms with Crippen LogP contribution >= 0.6 is 0 Å². The molecule has 0 radical (unpaired) electrons. The first kappa shape index (κ1) is 26.4. The molecule has 4 N–H and O–H groups in total. The maximum atomic E-state index is 14.2. The Bertz CT molecular complexity index is 1360. The van der Waals surface area contributed by atoms with E-state index in [-0.39, 0.29) is 35.5 Å². The highest BCUT2D eigenvalue weighted by molar-refractivity contribution is 6.13. The second-order valence-electron chi connectivity index (χ2n) is 11.5. The molecule has 1 amide bonds. The number of aromatic amines is 1. The van der Waals surface area contributed by atoms with Gasteiger partial charge in [0, 0.05) is 35.0 Å². The molecule has 1 fully saturated rings. The summed E-state index contributed by atoms with van der Waals surface area (Å²) in [6, 6.07) is 7.87. The number of rotatable bonds is 2. The smallest absolute Gasteiger partial charge is 0.235 e. The van der Waals surface area contributed by atoms with Crippen LogP contribution in [-0.2, 0) is 16.0 Å². The van der Waals surface area contributed by atoms with Crippen LogP contribution in [0.2, 0.25) is 0 Å². The number of hydrogen-bond donors (Lipinski definition) is 4. The van der Waals surface area contributed by atoms with E-state index in [1.807, 2.05) is 36.5 Å². The maximum absolute atomic E-state index is 14.2. The molecule has 2 aliphatic carbocycles. The van der Waals surface area contributed by atoms with Gasteiger partial charge < -0.3 is 20.5 Å². The quantitative estimate of drug-likeness (QED) is 0.352. The Morgan fingerprint density at radius 2 is 1.79 bits per heavy atom. The molecule has 6 heteroatoms. The van der Waals surface area contributed by atoms with Gasteiger partial charge in [0.15, 0.2) is 5.78 Å². The second kappa shape index (κ2) is 10.2. The number of nitrogens with one attached hydrogen (secondary N) is 2. The number of aliphatic hydroxyl groups excluding tert-OH is 2. The third-order valence-corrected chi connectivity index (χ3v) is 9.03. The third-order valence-electron chi connectivity index (χ3n) is 9.03. The normalized spacial score (nSPS) is 38.9. The van der Waals surface area contributed by atoms with Crippen LogP contribution in [0.15, 0.2) is 78.1 Å². The summed E-state index contributed by atoms with van der Waals surface area (Å²) in [4.78, 5) is 31.5. The molecule has 2 heterocycles. The fourth-order valence-corrected chi connectivity index (χ4v) is 6.93. The summed E-state index contributed by atoms with van der Waals surface area (Å²) in [6.45, 7) is 8.03. The molecule has 3 aliphatic rings. The van der Waals surface area contributed by atoms with Crippen LogP contribution in [-0.4, -0.2) is 45.1 Å². The van der Waals surface area contributed by atoms with Gasteiger partial charge in [-0.2, -0.15) is 0 Å². The number of aliphatic hydroxyl groups is 2. The predicted molar refractivity (Wildman–Crippen MR) is 149 cm³/mol. The molecule has 0 bridgehead atoms. The molecule has 8 atom stereocenters. The fraction of sp³-hybridized carbons (Fsp3) is 0.438. The third kappa shape index (κ3) is 4.30. The minimum absolute atomic E-state index is 0.000174. The molecule has 6 nitrogen and oxygen atoms in total. The van der Waals surface area contributed by atoms with Crippen LogP contribution in [0.1, 0.15) is 39.7 Å². The summed E-state index contributed by atoms with van der Waals surface area (Å²) in [5.41, 5.74) is 2.65. The monoisotopic (exact) mass is 514 g/mol. The number of para-hydroxylation sites is 1. The zero-order valence-corrected chi connectivity index (χ0v) is 22.5. The van der Waals surface area contributed by atoms with Crippen molar-refractivity contribution in [2.75, 3.05) is 0 Å². The lowest BCUT2D eigenvalue weighted by Gasteiger charge is -2.44. The average molecular weight is 515 g/mol. The highest BCUT2D eigenvalue weighted by Gasteiger charge is 2.64. The summed E-state index contributed by atoms with van der Waals surface area (Å²) < 4.78 is 0. The van der Waals surface area contributed by atoms with Crippen LogP contribution in [0.5, 0.6) is 0 Å². The Morgan fingerprint density at radius 1 is 1.03 bits per heavy atom. The Morgan fingerprint density at radius 3 is 2.58 bits per heavy atom. The van der Waals surface area contributed by atoms with E-state index in [0.717, 1.165) is 16.5 Å². The number of ketones is 1. The molecule has 5 rings (SSSR count). The number of benzene rings is 1. The lowest BCUT2D eigenvalue weighted by molar-refractivity contribution is -0.142. The summed E-state index contributed by atoms with van der Waals surface area (Å²) in [5.74, 6) is -1.15. The summed E-state index contributed by atoms with van der Waals surface area (Å²) in [6.07, 6.45) is 11.7. The van der Waals surface area contributed by atoms with Gasteiger partial charge in [-0.3, -0.25) is 9.59 Å². The van der Waals surface area contributed by atoms with Gasteiger partial charge in [-0.25, -0.2) is 0 Å². The molecule has 1 aromatic carbocycles. The predicted octanol–water partition coefficient (Wildman–Crippen LogP) is 4.41. The first-order valence-electron chi connectivity index (χ1n) is 13.6.